The van der Waals surface area contributed by atoms with Gasteiger partial charge in [0.2, 0.25) is 29.5 Å². The Kier molecular flexibility index (Phi) is 24.8. The molecule has 0 saturated carbocycles. The number of ketones is 4. The SMILES string of the molecule is CC(=O)C[C@@H](CCCN=C(N)N)C(=O)N[C@@H](CCC(=O)O)C(=O)C[C@H](C(=O)N[C@@H](CC(N)=O)C(=O)C[C@@H](C)C(=O)NCC(=O)C[C@@H](CCCN=C(N)N)C(N)=O)[C@@H](C)O. The molecule has 0 spiro atoms. The lowest BCUT2D eigenvalue weighted by Crippen LogP contribution is -2.50. The highest BCUT2D eigenvalue weighted by molar-refractivity contribution is 5.98. The number of aliphatic imine (C=N–C) groups is 2. The van der Waals surface area contributed by atoms with Gasteiger partial charge in [-0.3, -0.25) is 53.1 Å². The third-order valence-electron chi connectivity index (χ3n) is 9.01. The van der Waals surface area contributed by atoms with Crippen LogP contribution in [0.3, 0.4) is 0 Å². The van der Waals surface area contributed by atoms with Gasteiger partial charge in [0, 0.05) is 62.9 Å². The molecule has 0 aliphatic heterocycles. The van der Waals surface area contributed by atoms with Gasteiger partial charge < -0.3 is 65.4 Å². The molecule has 0 rings (SSSR count). The molecule has 0 aromatic carbocycles. The lowest BCUT2D eigenvalue weighted by Gasteiger charge is -2.26. The quantitative estimate of drug-likeness (QED) is 0.0175. The predicted octanol–water partition coefficient (Wildman–Crippen LogP) is -3.87. The average molecular weight is 840 g/mol. The smallest absolute Gasteiger partial charge is 0.303 e. The van der Waals surface area contributed by atoms with Crippen molar-refractivity contribution in [1.82, 2.24) is 16.0 Å². The number of nitrogens with two attached hydrogens (primary N) is 6. The van der Waals surface area contributed by atoms with Gasteiger partial charge in [-0.2, -0.15) is 0 Å². The summed E-state index contributed by atoms with van der Waals surface area (Å²) in [7, 11) is 0. The first-order valence-electron chi connectivity index (χ1n) is 19.0. The van der Waals surface area contributed by atoms with Crippen molar-refractivity contribution in [2.45, 2.75) is 110 Å². The number of carbonyl (C=O) groups excluding carboxylic acids is 9. The topological polar surface area (TPSA) is 428 Å². The molecule has 0 radical (unpaired) electrons. The lowest BCUT2D eigenvalue weighted by molar-refractivity contribution is -0.139. The van der Waals surface area contributed by atoms with Gasteiger partial charge in [-0.05, 0) is 46.0 Å². The number of hydrogen-bond donors (Lipinski definition) is 11. The second-order valence-corrected chi connectivity index (χ2v) is 14.4. The van der Waals surface area contributed by atoms with Crippen LogP contribution in [0.4, 0.5) is 0 Å². The molecule has 0 heterocycles. The molecular weight excluding hydrogens is 778 g/mol. The number of Topliss-reactive ketones (excluding diaryl/α,β-unsaturated/α-hetero) is 4. The molecule has 332 valence electrons. The molecule has 0 bridgehead atoms. The van der Waals surface area contributed by atoms with E-state index < -0.39 is 133 Å². The van der Waals surface area contributed by atoms with Crippen molar-refractivity contribution in [3.05, 3.63) is 0 Å². The zero-order valence-electron chi connectivity index (χ0n) is 33.8. The Morgan fingerprint density at radius 2 is 1.15 bits per heavy atom. The predicted molar refractivity (Wildman–Crippen MR) is 212 cm³/mol. The summed E-state index contributed by atoms with van der Waals surface area (Å²) >= 11 is 0. The van der Waals surface area contributed by atoms with Gasteiger partial charge in [-0.25, -0.2) is 0 Å². The molecule has 59 heavy (non-hydrogen) atoms. The maximum Gasteiger partial charge on any atom is 0.303 e. The van der Waals surface area contributed by atoms with E-state index in [1.807, 2.05) is 0 Å². The number of guanidine groups is 2. The number of aliphatic hydroxyl groups excluding tert-OH is 1. The fourth-order valence-corrected chi connectivity index (χ4v) is 5.79. The summed E-state index contributed by atoms with van der Waals surface area (Å²) in [4.78, 5) is 133. The lowest BCUT2D eigenvalue weighted by atomic mass is 9.90. The van der Waals surface area contributed by atoms with Crippen molar-refractivity contribution in [3.63, 3.8) is 0 Å². The minimum atomic E-state index is -1.61. The number of nitrogens with one attached hydrogen (secondary N) is 3. The third kappa shape index (κ3) is 23.7. The molecule has 0 saturated heterocycles. The number of hydrogen-bond acceptors (Lipinski definition) is 13. The molecule has 0 unspecified atom stereocenters. The molecule has 5 amide bonds. The Bertz CT molecular complexity index is 1580. The fourth-order valence-electron chi connectivity index (χ4n) is 5.79. The maximum absolute atomic E-state index is 13.5. The monoisotopic (exact) mass is 839 g/mol. The number of carboxylic acids is 1. The summed E-state index contributed by atoms with van der Waals surface area (Å²) in [6.07, 6.45) is -4.06. The van der Waals surface area contributed by atoms with Gasteiger partial charge in [0.1, 0.15) is 5.78 Å². The van der Waals surface area contributed by atoms with Crippen LogP contribution < -0.4 is 50.4 Å². The minimum absolute atomic E-state index is 0.134. The third-order valence-corrected chi connectivity index (χ3v) is 9.01. The van der Waals surface area contributed by atoms with E-state index in [2.05, 4.69) is 25.9 Å². The summed E-state index contributed by atoms with van der Waals surface area (Å²) < 4.78 is 0. The number of aliphatic hydroxyl groups is 1. The van der Waals surface area contributed by atoms with Gasteiger partial charge in [0.15, 0.2) is 29.3 Å². The number of amides is 5. The number of nitrogens with zero attached hydrogens (tertiary/aromatic N) is 2. The van der Waals surface area contributed by atoms with Crippen LogP contribution in [0, 0.1) is 23.7 Å². The molecule has 17 N–H and O–H groups in total. The first-order valence-corrected chi connectivity index (χ1v) is 19.0. The van der Waals surface area contributed by atoms with Crippen molar-refractivity contribution in [1.29, 1.82) is 0 Å². The number of primary amides is 2. The summed E-state index contributed by atoms with van der Waals surface area (Å²) in [5.41, 5.74) is 31.9. The summed E-state index contributed by atoms with van der Waals surface area (Å²) in [5, 5.41) is 26.9. The van der Waals surface area contributed by atoms with E-state index in [1.54, 1.807) is 0 Å². The van der Waals surface area contributed by atoms with Gasteiger partial charge >= 0.3 is 5.97 Å². The minimum Gasteiger partial charge on any atom is -0.481 e. The molecule has 0 aliphatic rings. The highest BCUT2D eigenvalue weighted by Crippen LogP contribution is 2.18. The normalized spacial score (nSPS) is 14.4. The number of aliphatic carboxylic acids is 1. The maximum atomic E-state index is 13.5. The Hall–Kier alpha value is -6.00. The van der Waals surface area contributed by atoms with Crippen LogP contribution in [0.25, 0.3) is 0 Å². The number of rotatable bonds is 32. The second kappa shape index (κ2) is 27.6. The van der Waals surface area contributed by atoms with Gasteiger partial charge in [-0.15, -0.1) is 0 Å². The van der Waals surface area contributed by atoms with Crippen LogP contribution in [0.1, 0.15) is 91.4 Å². The van der Waals surface area contributed by atoms with Crippen molar-refractivity contribution in [3.8, 4) is 0 Å². The average Bonchev–Trinajstić information content (AvgIpc) is 3.12. The molecule has 7 atom stereocenters. The van der Waals surface area contributed by atoms with Crippen LogP contribution in [-0.4, -0.2) is 119 Å². The van der Waals surface area contributed by atoms with Crippen LogP contribution >= 0.6 is 0 Å². The molecule has 0 aromatic heterocycles. The van der Waals surface area contributed by atoms with Gasteiger partial charge in [0.25, 0.3) is 0 Å². The summed E-state index contributed by atoms with van der Waals surface area (Å²) in [6.45, 7) is 3.63. The number of carboxylic acid groups (broad SMARTS) is 1. The molecule has 23 nitrogen and oxygen atoms in total. The Morgan fingerprint density at radius 3 is 1.63 bits per heavy atom. The Balaban J connectivity index is 5.80. The molecular formula is C36H61N11O12. The zero-order chi connectivity index (χ0) is 45.4. The number of carbonyl (C=O) groups is 10. The van der Waals surface area contributed by atoms with Crippen molar-refractivity contribution >= 4 is 70.6 Å². The van der Waals surface area contributed by atoms with Crippen LogP contribution in [0.5, 0.6) is 0 Å². The summed E-state index contributed by atoms with van der Waals surface area (Å²) in [5.74, 6) is -12.9. The van der Waals surface area contributed by atoms with E-state index in [9.17, 15) is 58.2 Å². The highest BCUT2D eigenvalue weighted by Gasteiger charge is 2.35. The molecule has 23 heteroatoms. The van der Waals surface area contributed by atoms with E-state index in [0.717, 1.165) is 0 Å². The summed E-state index contributed by atoms with van der Waals surface area (Å²) in [6, 6.07) is -3.08. The van der Waals surface area contributed by atoms with E-state index >= 15 is 0 Å². The second-order valence-electron chi connectivity index (χ2n) is 14.4. The van der Waals surface area contributed by atoms with Gasteiger partial charge in [0.05, 0.1) is 37.1 Å². The molecule has 0 aromatic rings. The van der Waals surface area contributed by atoms with Crippen molar-refractivity contribution in [2.24, 2.45) is 68.1 Å². The first kappa shape index (κ1) is 53.0. The first-order chi connectivity index (χ1) is 27.4. The molecule has 0 aliphatic carbocycles. The van der Waals surface area contributed by atoms with Crippen LogP contribution in [0.2, 0.25) is 0 Å². The van der Waals surface area contributed by atoms with E-state index in [1.165, 1.54) is 20.8 Å². The van der Waals surface area contributed by atoms with Crippen molar-refractivity contribution in [2.75, 3.05) is 19.6 Å². The fraction of sp³-hybridized carbons (Fsp3) is 0.667. The molecule has 0 fully saturated rings. The van der Waals surface area contributed by atoms with Crippen LogP contribution in [-0.2, 0) is 47.9 Å². The highest BCUT2D eigenvalue weighted by atomic mass is 16.4. The van der Waals surface area contributed by atoms with Crippen molar-refractivity contribution < 1.29 is 58.2 Å². The largest absolute Gasteiger partial charge is 0.481 e. The van der Waals surface area contributed by atoms with E-state index in [-0.39, 0.29) is 56.5 Å². The zero-order valence-corrected chi connectivity index (χ0v) is 33.8. The van der Waals surface area contributed by atoms with E-state index in [4.69, 9.17) is 34.4 Å². The van der Waals surface area contributed by atoms with Crippen LogP contribution in [0.15, 0.2) is 9.98 Å². The Morgan fingerprint density at radius 1 is 0.627 bits per heavy atom. The standard InChI is InChI=1S/C36H61N11O12/c1-18(32(57)45-17-23(50)14-21(31(38)56)6-4-10-43-35(39)40)12-27(51)26(16-29(37)53)47-34(59)24(20(3)49)15-28(52)25(8-9-30(54)55)46-33(58)22(13-19(2)48)7-5-11-44-36(41)42/h18,20-22,24-26,49H,4-17H2,1-3H3,(H2,37,53)(H2,38,56)(H,45,57)(H,46,58)(H,47,59)(H,54,55)(H4,39,40,43)(H4,41,42,44)/t18-,20-,21-,22-,24+,25+,26+/m1/s1. The van der Waals surface area contributed by atoms with E-state index in [0.29, 0.717) is 12.8 Å². The Labute approximate surface area is 341 Å². The van der Waals surface area contributed by atoms with Gasteiger partial charge in [-0.1, -0.05) is 6.92 Å².